The predicted molar refractivity (Wildman–Crippen MR) is 111 cm³/mol. The monoisotopic (exact) mass is 406 g/mol. The molecule has 6 nitrogen and oxygen atoms in total. The van der Waals surface area contributed by atoms with Crippen LogP contribution in [0.2, 0.25) is 10.0 Å². The third kappa shape index (κ3) is 3.87. The average Bonchev–Trinajstić information content (AvgIpc) is 3.07. The Morgan fingerprint density at radius 1 is 1.04 bits per heavy atom. The largest absolute Gasteiger partial charge is 0.333 e. The first-order valence-corrected chi connectivity index (χ1v) is 9.58. The lowest BCUT2D eigenvalue weighted by molar-refractivity contribution is 0.555. The molecule has 0 amide bonds. The Morgan fingerprint density at radius 3 is 2.41 bits per heavy atom. The summed E-state index contributed by atoms with van der Waals surface area (Å²) in [5.41, 5.74) is 0.908. The Morgan fingerprint density at radius 2 is 1.74 bits per heavy atom. The van der Waals surface area contributed by atoms with Gasteiger partial charge in [-0.15, -0.1) is 0 Å². The lowest BCUT2D eigenvalue weighted by Crippen LogP contribution is -2.40. The van der Waals surface area contributed by atoms with Crippen molar-refractivity contribution in [3.63, 3.8) is 0 Å². The van der Waals surface area contributed by atoms with Crippen LogP contribution in [0.5, 0.6) is 0 Å². The van der Waals surface area contributed by atoms with Crippen LogP contribution in [0.15, 0.2) is 27.8 Å². The number of rotatable bonds is 6. The van der Waals surface area contributed by atoms with Crippen molar-refractivity contribution < 1.29 is 0 Å². The van der Waals surface area contributed by atoms with Crippen LogP contribution in [0.1, 0.15) is 38.1 Å². The van der Waals surface area contributed by atoms with E-state index in [9.17, 15) is 9.59 Å². The van der Waals surface area contributed by atoms with Crippen LogP contribution in [0.4, 0.5) is 0 Å². The Labute approximate surface area is 166 Å². The number of imidazole rings is 1. The van der Waals surface area contributed by atoms with Crippen LogP contribution in [0, 0.1) is 0 Å². The molecule has 0 radical (unpaired) electrons. The Balaban J connectivity index is 2.10. The number of hydrogen-bond donors (Lipinski definition) is 1. The highest BCUT2D eigenvalue weighted by Gasteiger charge is 2.15. The lowest BCUT2D eigenvalue weighted by atomic mass is 10.2. The first kappa shape index (κ1) is 19.5. The molecule has 3 aromatic rings. The van der Waals surface area contributed by atoms with Gasteiger partial charge in [-0.2, -0.15) is 0 Å². The van der Waals surface area contributed by atoms with E-state index in [1.54, 1.807) is 22.8 Å². The van der Waals surface area contributed by atoms with E-state index in [0.717, 1.165) is 12.0 Å². The molecule has 0 saturated carbocycles. The van der Waals surface area contributed by atoms with Crippen LogP contribution in [0.25, 0.3) is 23.3 Å². The summed E-state index contributed by atoms with van der Waals surface area (Å²) in [6.45, 7) is 4.79. The van der Waals surface area contributed by atoms with E-state index < -0.39 is 0 Å². The van der Waals surface area contributed by atoms with Gasteiger partial charge in [0.1, 0.15) is 11.3 Å². The summed E-state index contributed by atoms with van der Waals surface area (Å²) in [7, 11) is 0. The zero-order chi connectivity index (χ0) is 19.6. The fourth-order valence-electron chi connectivity index (χ4n) is 2.90. The van der Waals surface area contributed by atoms with Crippen LogP contribution < -0.4 is 11.2 Å². The van der Waals surface area contributed by atoms with Crippen LogP contribution in [-0.2, 0) is 13.1 Å². The normalized spacial score (nSPS) is 11.7. The molecule has 1 N–H and O–H groups in total. The molecule has 8 heteroatoms. The molecule has 0 aliphatic carbocycles. The van der Waals surface area contributed by atoms with Crippen LogP contribution >= 0.6 is 23.2 Å². The molecule has 0 fully saturated rings. The Bertz CT molecular complexity index is 1130. The molecular weight excluding hydrogens is 387 g/mol. The average molecular weight is 407 g/mol. The van der Waals surface area contributed by atoms with Crippen molar-refractivity contribution in [2.75, 3.05) is 0 Å². The first-order chi connectivity index (χ1) is 13.0. The van der Waals surface area contributed by atoms with Gasteiger partial charge in [0.2, 0.25) is 0 Å². The molecule has 0 aliphatic heterocycles. The maximum Gasteiger partial charge on any atom is 0.332 e. The quantitative estimate of drug-likeness (QED) is 0.666. The topological polar surface area (TPSA) is 72.7 Å². The molecule has 0 unspecified atom stereocenters. The minimum absolute atomic E-state index is 0.317. The van der Waals surface area contributed by atoms with Gasteiger partial charge in [0.05, 0.1) is 10.0 Å². The predicted octanol–water partition coefficient (Wildman–Crippen LogP) is 4.18. The van der Waals surface area contributed by atoms with Crippen LogP contribution in [-0.4, -0.2) is 19.1 Å². The summed E-state index contributed by atoms with van der Waals surface area (Å²) in [4.78, 5) is 32.8. The molecule has 1 aromatic carbocycles. The smallest absolute Gasteiger partial charge is 0.332 e. The van der Waals surface area contributed by atoms with Gasteiger partial charge in [-0.25, -0.2) is 9.78 Å². The highest BCUT2D eigenvalue weighted by Crippen LogP contribution is 2.23. The second kappa shape index (κ2) is 8.15. The summed E-state index contributed by atoms with van der Waals surface area (Å²) in [6, 6.07) is 5.28. The summed E-state index contributed by atoms with van der Waals surface area (Å²) in [6.07, 6.45) is 5.02. The number of nitrogens with zero attached hydrogens (tertiary/aromatic N) is 3. The standard InChI is InChI=1S/C19H20Cl2N4O2/c1-3-9-24-17-16(18(26)25(10-4-2)19(24)27)22-15(23-17)8-6-12-5-7-13(20)14(21)11-12/h5-8,11H,3-4,9-10H2,1-2H3,(H,22,23). The molecule has 0 bridgehead atoms. The van der Waals surface area contributed by atoms with Gasteiger partial charge in [0.25, 0.3) is 5.56 Å². The van der Waals surface area contributed by atoms with Crippen molar-refractivity contribution in [2.45, 2.75) is 39.8 Å². The summed E-state index contributed by atoms with van der Waals surface area (Å²) >= 11 is 12.0. The van der Waals surface area contributed by atoms with Crippen molar-refractivity contribution in [1.82, 2.24) is 19.1 Å². The first-order valence-electron chi connectivity index (χ1n) is 8.82. The molecule has 0 atom stereocenters. The Kier molecular flexibility index (Phi) is 5.87. The lowest BCUT2D eigenvalue weighted by Gasteiger charge is -2.09. The number of hydrogen-bond acceptors (Lipinski definition) is 3. The zero-order valence-electron chi connectivity index (χ0n) is 15.1. The molecule has 0 aliphatic rings. The van der Waals surface area contributed by atoms with E-state index in [1.165, 1.54) is 4.57 Å². The zero-order valence-corrected chi connectivity index (χ0v) is 16.6. The SMILES string of the molecule is CCCn1c(=O)c2[nH]c(C=Cc3ccc(Cl)c(Cl)c3)nc2n(CCC)c1=O. The number of fused-ring (bicyclic) bond motifs is 1. The van der Waals surface area contributed by atoms with Crippen molar-refractivity contribution in [2.24, 2.45) is 0 Å². The highest BCUT2D eigenvalue weighted by molar-refractivity contribution is 6.42. The van der Waals surface area contributed by atoms with E-state index in [4.69, 9.17) is 23.2 Å². The summed E-state index contributed by atoms with van der Waals surface area (Å²) in [5, 5.41) is 0.945. The number of aryl methyl sites for hydroxylation is 1. The van der Waals surface area contributed by atoms with Gasteiger partial charge in [0.15, 0.2) is 5.65 Å². The van der Waals surface area contributed by atoms with Gasteiger partial charge >= 0.3 is 5.69 Å². The minimum Gasteiger partial charge on any atom is -0.333 e. The third-order valence-electron chi connectivity index (χ3n) is 4.15. The second-order valence-corrected chi connectivity index (χ2v) is 7.03. The highest BCUT2D eigenvalue weighted by atomic mass is 35.5. The molecule has 2 heterocycles. The number of halogens is 2. The van der Waals surface area contributed by atoms with Crippen LogP contribution in [0.3, 0.4) is 0 Å². The van der Waals surface area contributed by atoms with Crippen molar-refractivity contribution in [3.8, 4) is 0 Å². The number of H-pyrrole nitrogens is 1. The maximum atomic E-state index is 12.7. The second-order valence-electron chi connectivity index (χ2n) is 6.22. The molecule has 0 saturated heterocycles. The number of aromatic amines is 1. The summed E-state index contributed by atoms with van der Waals surface area (Å²) in [5.74, 6) is 0.492. The molecule has 3 rings (SSSR count). The van der Waals surface area contributed by atoms with E-state index in [1.807, 2.05) is 26.0 Å². The summed E-state index contributed by atoms with van der Waals surface area (Å²) < 4.78 is 2.82. The Hall–Kier alpha value is -2.31. The number of aromatic nitrogens is 4. The molecule has 142 valence electrons. The van der Waals surface area contributed by atoms with Crippen molar-refractivity contribution >= 4 is 46.5 Å². The molecular formula is C19H20Cl2N4O2. The van der Waals surface area contributed by atoms with Gasteiger partial charge in [-0.05, 0) is 36.6 Å². The number of benzene rings is 1. The van der Waals surface area contributed by atoms with Crippen molar-refractivity contribution in [3.05, 3.63) is 60.5 Å². The maximum absolute atomic E-state index is 12.7. The van der Waals surface area contributed by atoms with Crippen molar-refractivity contribution in [1.29, 1.82) is 0 Å². The van der Waals surface area contributed by atoms with Gasteiger partial charge in [-0.3, -0.25) is 13.9 Å². The van der Waals surface area contributed by atoms with E-state index >= 15 is 0 Å². The number of nitrogens with one attached hydrogen (secondary N) is 1. The fraction of sp³-hybridized carbons (Fsp3) is 0.316. The van der Waals surface area contributed by atoms with E-state index in [2.05, 4.69) is 9.97 Å². The van der Waals surface area contributed by atoms with Gasteiger partial charge < -0.3 is 4.98 Å². The minimum atomic E-state index is -0.342. The molecule has 2 aromatic heterocycles. The fourth-order valence-corrected chi connectivity index (χ4v) is 3.21. The van der Waals surface area contributed by atoms with E-state index in [0.29, 0.717) is 46.5 Å². The van der Waals surface area contributed by atoms with Gasteiger partial charge in [0, 0.05) is 13.1 Å². The molecule has 0 spiro atoms. The third-order valence-corrected chi connectivity index (χ3v) is 4.89. The van der Waals surface area contributed by atoms with Gasteiger partial charge in [-0.1, -0.05) is 49.2 Å². The van der Waals surface area contributed by atoms with E-state index in [-0.39, 0.29) is 11.2 Å². The molecule has 27 heavy (non-hydrogen) atoms.